The van der Waals surface area contributed by atoms with Gasteiger partial charge in [-0.15, -0.1) is 24.0 Å². The first kappa shape index (κ1) is 21.2. The molecular weight excluding hydrogens is 443 g/mol. The first-order valence-electron chi connectivity index (χ1n) is 9.78. The summed E-state index contributed by atoms with van der Waals surface area (Å²) in [6.07, 6.45) is 9.23. The van der Waals surface area contributed by atoms with E-state index in [9.17, 15) is 4.79 Å². The van der Waals surface area contributed by atoms with E-state index in [1.165, 1.54) is 25.7 Å². The number of hydrogen-bond acceptors (Lipinski definition) is 3. The quantitative estimate of drug-likeness (QED) is 0.274. The molecule has 148 valence electrons. The van der Waals surface area contributed by atoms with E-state index in [1.54, 1.807) is 4.68 Å². The maximum atomic E-state index is 12.3. The number of rotatable bonds is 7. The van der Waals surface area contributed by atoms with E-state index in [4.69, 9.17) is 0 Å². The van der Waals surface area contributed by atoms with E-state index in [2.05, 4.69) is 27.6 Å². The third-order valence-corrected chi connectivity index (χ3v) is 5.89. The van der Waals surface area contributed by atoms with E-state index in [0.29, 0.717) is 12.0 Å². The summed E-state index contributed by atoms with van der Waals surface area (Å²) in [6.45, 7) is 5.53. The second-order valence-electron chi connectivity index (χ2n) is 7.44. The molecule has 3 rings (SSSR count). The van der Waals surface area contributed by atoms with E-state index < -0.39 is 0 Å². The molecule has 2 aliphatic rings. The van der Waals surface area contributed by atoms with Gasteiger partial charge in [-0.05, 0) is 43.9 Å². The molecule has 1 aromatic rings. The number of aliphatic imine (C=N–C) groups is 1. The fourth-order valence-corrected chi connectivity index (χ4v) is 3.85. The molecule has 1 fully saturated rings. The zero-order valence-corrected chi connectivity index (χ0v) is 18.4. The molecule has 1 aliphatic carbocycles. The lowest BCUT2D eigenvalue weighted by molar-refractivity contribution is 0.131. The smallest absolute Gasteiger partial charge is 0.345 e. The predicted octanol–water partition coefficient (Wildman–Crippen LogP) is 2.13. The van der Waals surface area contributed by atoms with Crippen molar-refractivity contribution >= 4 is 29.9 Å². The van der Waals surface area contributed by atoms with Crippen molar-refractivity contribution < 1.29 is 0 Å². The number of hydrogen-bond donors (Lipinski definition) is 2. The summed E-state index contributed by atoms with van der Waals surface area (Å²) < 4.78 is 3.46. The van der Waals surface area contributed by atoms with Crippen LogP contribution >= 0.6 is 24.0 Å². The summed E-state index contributed by atoms with van der Waals surface area (Å²) in [6, 6.07) is 0. The van der Waals surface area contributed by atoms with E-state index in [0.717, 1.165) is 57.1 Å². The lowest BCUT2D eigenvalue weighted by Crippen LogP contribution is -2.46. The van der Waals surface area contributed by atoms with Crippen molar-refractivity contribution in [1.29, 1.82) is 0 Å². The van der Waals surface area contributed by atoms with Gasteiger partial charge in [0.2, 0.25) is 0 Å². The molecule has 0 unspecified atom stereocenters. The SMILES string of the molecule is CCC1(CNC(=NC)NCCCn2nc3n(c2=O)CCCC3)CCC1.I. The molecule has 0 amide bonds. The molecule has 0 aromatic carbocycles. The molecule has 1 aromatic heterocycles. The van der Waals surface area contributed by atoms with Gasteiger partial charge in [0.1, 0.15) is 5.82 Å². The predicted molar refractivity (Wildman–Crippen MR) is 115 cm³/mol. The van der Waals surface area contributed by atoms with E-state index >= 15 is 0 Å². The van der Waals surface area contributed by atoms with Crippen LogP contribution in [0.3, 0.4) is 0 Å². The van der Waals surface area contributed by atoms with Gasteiger partial charge in [-0.3, -0.25) is 9.56 Å². The highest BCUT2D eigenvalue weighted by Gasteiger charge is 2.34. The second-order valence-corrected chi connectivity index (χ2v) is 7.44. The number of nitrogens with one attached hydrogen (secondary N) is 2. The number of aromatic nitrogens is 3. The average Bonchev–Trinajstić information content (AvgIpc) is 2.92. The molecule has 1 saturated carbocycles. The van der Waals surface area contributed by atoms with Gasteiger partial charge in [0.25, 0.3) is 0 Å². The van der Waals surface area contributed by atoms with Gasteiger partial charge in [0.15, 0.2) is 5.96 Å². The summed E-state index contributed by atoms with van der Waals surface area (Å²) in [4.78, 5) is 16.6. The zero-order chi connectivity index (χ0) is 17.7. The van der Waals surface area contributed by atoms with Gasteiger partial charge < -0.3 is 10.6 Å². The van der Waals surface area contributed by atoms with Crippen LogP contribution in [0.5, 0.6) is 0 Å². The van der Waals surface area contributed by atoms with Gasteiger partial charge in [0, 0.05) is 39.6 Å². The Morgan fingerprint density at radius 1 is 1.27 bits per heavy atom. The Labute approximate surface area is 173 Å². The molecule has 0 atom stereocenters. The molecular formula is C18H33IN6O. The van der Waals surface area contributed by atoms with Crippen molar-refractivity contribution in [3.8, 4) is 0 Å². The van der Waals surface area contributed by atoms with Crippen molar-refractivity contribution in [3.05, 3.63) is 16.3 Å². The minimum absolute atomic E-state index is 0. The van der Waals surface area contributed by atoms with Crippen molar-refractivity contribution in [2.45, 2.75) is 71.4 Å². The lowest BCUT2D eigenvalue weighted by atomic mass is 9.67. The number of halogens is 1. The average molecular weight is 476 g/mol. The van der Waals surface area contributed by atoms with Crippen LogP contribution in [-0.2, 0) is 19.5 Å². The number of fused-ring (bicyclic) bond motifs is 1. The van der Waals surface area contributed by atoms with Crippen molar-refractivity contribution in [1.82, 2.24) is 25.0 Å². The monoisotopic (exact) mass is 476 g/mol. The third kappa shape index (κ3) is 4.80. The largest absolute Gasteiger partial charge is 0.356 e. The highest BCUT2D eigenvalue weighted by atomic mass is 127. The fraction of sp³-hybridized carbons (Fsp3) is 0.833. The Hall–Kier alpha value is -1.06. The molecule has 0 saturated heterocycles. The summed E-state index contributed by atoms with van der Waals surface area (Å²) >= 11 is 0. The molecule has 0 radical (unpaired) electrons. The first-order valence-corrected chi connectivity index (χ1v) is 9.78. The van der Waals surface area contributed by atoms with Crippen LogP contribution < -0.4 is 16.3 Å². The van der Waals surface area contributed by atoms with Crippen LogP contribution in [0.1, 0.15) is 57.7 Å². The Bertz CT molecular complexity index is 656. The van der Waals surface area contributed by atoms with Gasteiger partial charge in [0.05, 0.1) is 0 Å². The Morgan fingerprint density at radius 2 is 2.08 bits per heavy atom. The maximum Gasteiger partial charge on any atom is 0.345 e. The molecule has 7 nitrogen and oxygen atoms in total. The topological polar surface area (TPSA) is 76.2 Å². The van der Waals surface area contributed by atoms with Gasteiger partial charge in [-0.25, -0.2) is 9.48 Å². The molecule has 0 spiro atoms. The summed E-state index contributed by atoms with van der Waals surface area (Å²) in [7, 11) is 1.81. The highest BCUT2D eigenvalue weighted by Crippen LogP contribution is 2.42. The van der Waals surface area contributed by atoms with E-state index in [-0.39, 0.29) is 29.7 Å². The Balaban J connectivity index is 0.00000243. The molecule has 2 N–H and O–H groups in total. The van der Waals surface area contributed by atoms with Crippen LogP contribution in [-0.4, -0.2) is 40.4 Å². The number of guanidine groups is 1. The van der Waals surface area contributed by atoms with Crippen LogP contribution in [0.4, 0.5) is 0 Å². The number of aryl methyl sites for hydroxylation is 2. The molecule has 26 heavy (non-hydrogen) atoms. The number of nitrogens with zero attached hydrogens (tertiary/aromatic N) is 4. The zero-order valence-electron chi connectivity index (χ0n) is 16.1. The summed E-state index contributed by atoms with van der Waals surface area (Å²) in [5.41, 5.74) is 0.521. The lowest BCUT2D eigenvalue weighted by Gasteiger charge is -2.41. The Kier molecular flexibility index (Phi) is 7.97. The Morgan fingerprint density at radius 3 is 2.69 bits per heavy atom. The molecule has 2 heterocycles. The van der Waals surface area contributed by atoms with Crippen LogP contribution in [0, 0.1) is 5.41 Å². The normalized spacial score (nSPS) is 18.5. The van der Waals surface area contributed by atoms with Crippen molar-refractivity contribution in [2.75, 3.05) is 20.1 Å². The minimum atomic E-state index is 0. The van der Waals surface area contributed by atoms with Crippen molar-refractivity contribution in [2.24, 2.45) is 10.4 Å². The standard InChI is InChI=1S/C18H32N6O.HI/c1-3-18(9-6-10-18)14-21-16(19-2)20-11-7-13-24-17(25)23-12-5-4-8-15(23)22-24;/h3-14H2,1-2H3,(H2,19,20,21);1H. The molecule has 1 aliphatic heterocycles. The second kappa shape index (κ2) is 9.75. The van der Waals surface area contributed by atoms with Gasteiger partial charge in [-0.2, -0.15) is 5.10 Å². The van der Waals surface area contributed by atoms with Crippen LogP contribution in [0.15, 0.2) is 9.79 Å². The first-order chi connectivity index (χ1) is 12.2. The minimum Gasteiger partial charge on any atom is -0.356 e. The fourth-order valence-electron chi connectivity index (χ4n) is 3.85. The van der Waals surface area contributed by atoms with Gasteiger partial charge >= 0.3 is 5.69 Å². The summed E-state index contributed by atoms with van der Waals surface area (Å²) in [5, 5.41) is 11.3. The van der Waals surface area contributed by atoms with Crippen molar-refractivity contribution in [3.63, 3.8) is 0 Å². The highest BCUT2D eigenvalue weighted by molar-refractivity contribution is 14.0. The molecule has 8 heteroatoms. The third-order valence-electron chi connectivity index (χ3n) is 5.89. The van der Waals surface area contributed by atoms with E-state index in [1.807, 2.05) is 11.6 Å². The molecule has 0 bridgehead atoms. The van der Waals surface area contributed by atoms with Gasteiger partial charge in [-0.1, -0.05) is 13.3 Å². The summed E-state index contributed by atoms with van der Waals surface area (Å²) in [5.74, 6) is 1.81. The maximum absolute atomic E-state index is 12.3. The van der Waals surface area contributed by atoms with Crippen LogP contribution in [0.25, 0.3) is 0 Å². The van der Waals surface area contributed by atoms with Crippen LogP contribution in [0.2, 0.25) is 0 Å².